The first-order valence-corrected chi connectivity index (χ1v) is 9.02. The Labute approximate surface area is 147 Å². The highest BCUT2D eigenvalue weighted by Gasteiger charge is 2.07. The van der Waals surface area contributed by atoms with Crippen molar-refractivity contribution in [3.05, 3.63) is 46.2 Å². The summed E-state index contributed by atoms with van der Waals surface area (Å²) in [6, 6.07) is 9.73. The van der Waals surface area contributed by atoms with E-state index in [2.05, 4.69) is 33.1 Å². The molecule has 0 fully saturated rings. The van der Waals surface area contributed by atoms with Crippen molar-refractivity contribution in [2.75, 3.05) is 26.7 Å². The van der Waals surface area contributed by atoms with Crippen LogP contribution in [-0.4, -0.2) is 37.8 Å². The Morgan fingerprint density at radius 1 is 1.21 bits per heavy atom. The molecular formula is C18H25N3O2S. The Morgan fingerprint density at radius 2 is 2.08 bits per heavy atom. The largest absolute Gasteiger partial charge is 0.504 e. The molecule has 0 radical (unpaired) electrons. The summed E-state index contributed by atoms with van der Waals surface area (Å²) in [5.74, 6) is 1.52. The number of benzene rings is 1. The van der Waals surface area contributed by atoms with Gasteiger partial charge in [0.25, 0.3) is 0 Å². The normalized spacial score (nSPS) is 11.3. The van der Waals surface area contributed by atoms with Gasteiger partial charge in [-0.2, -0.15) is 0 Å². The van der Waals surface area contributed by atoms with E-state index in [1.54, 1.807) is 24.5 Å². The number of phenols is 1. The number of nitrogens with one attached hydrogen (secondary N) is 2. The Bertz CT molecular complexity index is 642. The van der Waals surface area contributed by atoms with Crippen molar-refractivity contribution in [1.82, 2.24) is 10.6 Å². The van der Waals surface area contributed by atoms with E-state index in [0.717, 1.165) is 31.0 Å². The van der Waals surface area contributed by atoms with Gasteiger partial charge in [-0.05, 0) is 36.4 Å². The van der Waals surface area contributed by atoms with Crippen molar-refractivity contribution in [1.29, 1.82) is 0 Å². The number of phenolic OH excluding ortho intramolecular Hbond substituents is 1. The number of thiophene rings is 1. The second-order valence-electron chi connectivity index (χ2n) is 5.23. The third kappa shape index (κ3) is 5.45. The Balaban J connectivity index is 1.84. The monoisotopic (exact) mass is 347 g/mol. The molecule has 130 valence electrons. The molecule has 1 aromatic carbocycles. The maximum absolute atomic E-state index is 10.1. The lowest BCUT2D eigenvalue weighted by molar-refractivity contribution is 0.370. The highest BCUT2D eigenvalue weighted by molar-refractivity contribution is 7.09. The van der Waals surface area contributed by atoms with Crippen LogP contribution in [0.3, 0.4) is 0 Å². The van der Waals surface area contributed by atoms with Gasteiger partial charge in [-0.15, -0.1) is 11.3 Å². The molecule has 0 aliphatic carbocycles. The molecule has 6 heteroatoms. The lowest BCUT2D eigenvalue weighted by atomic mass is 10.1. The Kier molecular flexibility index (Phi) is 7.42. The second-order valence-corrected chi connectivity index (χ2v) is 6.27. The summed E-state index contributed by atoms with van der Waals surface area (Å²) in [7, 11) is 1.56. The van der Waals surface area contributed by atoms with E-state index < -0.39 is 0 Å². The van der Waals surface area contributed by atoms with Gasteiger partial charge in [-0.3, -0.25) is 4.99 Å². The minimum atomic E-state index is 0.210. The zero-order valence-electron chi connectivity index (χ0n) is 14.2. The fourth-order valence-electron chi connectivity index (χ4n) is 2.32. The summed E-state index contributed by atoms with van der Waals surface area (Å²) >= 11 is 1.76. The van der Waals surface area contributed by atoms with Crippen molar-refractivity contribution in [3.8, 4) is 11.5 Å². The zero-order valence-corrected chi connectivity index (χ0v) is 15.0. The third-order valence-corrected chi connectivity index (χ3v) is 4.48. The minimum absolute atomic E-state index is 0.210. The lowest BCUT2D eigenvalue weighted by Gasteiger charge is -2.12. The third-order valence-electron chi connectivity index (χ3n) is 3.54. The number of ether oxygens (including phenoxy) is 1. The summed E-state index contributed by atoms with van der Waals surface area (Å²) in [5, 5.41) is 18.7. The maximum atomic E-state index is 10.1. The molecule has 0 unspecified atom stereocenters. The topological polar surface area (TPSA) is 65.9 Å². The molecule has 1 heterocycles. The van der Waals surface area contributed by atoms with Gasteiger partial charge in [-0.1, -0.05) is 18.2 Å². The van der Waals surface area contributed by atoms with Crippen LogP contribution >= 0.6 is 11.3 Å². The van der Waals surface area contributed by atoms with Gasteiger partial charge < -0.3 is 20.5 Å². The fourth-order valence-corrected chi connectivity index (χ4v) is 3.02. The molecular weight excluding hydrogens is 322 g/mol. The fraction of sp³-hybridized carbons (Fsp3) is 0.389. The van der Waals surface area contributed by atoms with Gasteiger partial charge in [-0.25, -0.2) is 0 Å². The quantitative estimate of drug-likeness (QED) is 0.507. The van der Waals surface area contributed by atoms with Gasteiger partial charge in [0.1, 0.15) is 0 Å². The average molecular weight is 347 g/mol. The number of aromatic hydroxyl groups is 1. The van der Waals surface area contributed by atoms with E-state index >= 15 is 0 Å². The number of hydrogen-bond donors (Lipinski definition) is 3. The van der Waals surface area contributed by atoms with E-state index in [-0.39, 0.29) is 5.75 Å². The number of para-hydroxylation sites is 1. The number of rotatable bonds is 8. The molecule has 0 bridgehead atoms. The molecule has 0 amide bonds. The van der Waals surface area contributed by atoms with E-state index in [0.29, 0.717) is 18.7 Å². The zero-order chi connectivity index (χ0) is 17.2. The highest BCUT2D eigenvalue weighted by atomic mass is 32.1. The molecule has 1 aromatic heterocycles. The van der Waals surface area contributed by atoms with Crippen molar-refractivity contribution in [3.63, 3.8) is 0 Å². The van der Waals surface area contributed by atoms with Crippen molar-refractivity contribution < 1.29 is 9.84 Å². The first-order chi connectivity index (χ1) is 11.7. The number of aliphatic imine (C=N–C) groups is 1. The maximum Gasteiger partial charge on any atom is 0.191 e. The molecule has 2 aromatic rings. The smallest absolute Gasteiger partial charge is 0.191 e. The minimum Gasteiger partial charge on any atom is -0.504 e. The van der Waals surface area contributed by atoms with Crippen LogP contribution in [0.5, 0.6) is 11.5 Å². The summed E-state index contributed by atoms with van der Waals surface area (Å²) in [4.78, 5) is 5.93. The standard InChI is InChI=1S/C18H25N3O2S/c1-3-19-18(21-12-10-15-7-5-13-24-15)20-11-9-14-6-4-8-16(23-2)17(14)22/h4-8,13,22H,3,9-12H2,1-2H3,(H2,19,20,21). The van der Waals surface area contributed by atoms with Gasteiger partial charge in [0.05, 0.1) is 7.11 Å². The summed E-state index contributed by atoms with van der Waals surface area (Å²) in [6.07, 6.45) is 1.64. The predicted octanol–water partition coefficient (Wildman–Crippen LogP) is 2.80. The molecule has 0 spiro atoms. The van der Waals surface area contributed by atoms with Gasteiger partial charge >= 0.3 is 0 Å². The van der Waals surface area contributed by atoms with Crippen LogP contribution < -0.4 is 15.4 Å². The van der Waals surface area contributed by atoms with E-state index in [4.69, 9.17) is 4.74 Å². The lowest BCUT2D eigenvalue weighted by Crippen LogP contribution is -2.38. The average Bonchev–Trinajstić information content (AvgIpc) is 3.10. The van der Waals surface area contributed by atoms with E-state index in [9.17, 15) is 5.11 Å². The Morgan fingerprint density at radius 3 is 2.79 bits per heavy atom. The molecule has 24 heavy (non-hydrogen) atoms. The highest BCUT2D eigenvalue weighted by Crippen LogP contribution is 2.29. The molecule has 0 aliphatic rings. The molecule has 5 nitrogen and oxygen atoms in total. The number of methoxy groups -OCH3 is 1. The molecule has 3 N–H and O–H groups in total. The van der Waals surface area contributed by atoms with Crippen molar-refractivity contribution >= 4 is 17.3 Å². The van der Waals surface area contributed by atoms with Crippen LogP contribution in [0.1, 0.15) is 17.4 Å². The van der Waals surface area contributed by atoms with Gasteiger partial charge in [0.15, 0.2) is 17.5 Å². The van der Waals surface area contributed by atoms with Crippen LogP contribution in [-0.2, 0) is 12.8 Å². The van der Waals surface area contributed by atoms with Crippen molar-refractivity contribution in [2.24, 2.45) is 4.99 Å². The summed E-state index contributed by atoms with van der Waals surface area (Å²) in [5.41, 5.74) is 0.858. The van der Waals surface area contributed by atoms with Crippen LogP contribution in [0.2, 0.25) is 0 Å². The van der Waals surface area contributed by atoms with Gasteiger partial charge in [0, 0.05) is 30.9 Å². The first-order valence-electron chi connectivity index (χ1n) is 8.14. The first kappa shape index (κ1) is 18.1. The Hall–Kier alpha value is -2.21. The number of hydrogen-bond acceptors (Lipinski definition) is 4. The van der Waals surface area contributed by atoms with Gasteiger partial charge in [0.2, 0.25) is 0 Å². The van der Waals surface area contributed by atoms with Crippen LogP contribution in [0.25, 0.3) is 0 Å². The van der Waals surface area contributed by atoms with E-state index in [1.165, 1.54) is 4.88 Å². The molecule has 0 saturated heterocycles. The SMILES string of the molecule is CCNC(=NCCc1cccs1)NCCc1cccc(OC)c1O. The number of guanidine groups is 1. The summed E-state index contributed by atoms with van der Waals surface area (Å²) in [6.45, 7) is 4.30. The predicted molar refractivity (Wildman–Crippen MR) is 100 cm³/mol. The molecule has 0 aliphatic heterocycles. The van der Waals surface area contributed by atoms with Crippen LogP contribution in [0.15, 0.2) is 40.7 Å². The summed E-state index contributed by atoms with van der Waals surface area (Å²) < 4.78 is 5.13. The molecule has 2 rings (SSSR count). The van der Waals surface area contributed by atoms with Crippen LogP contribution in [0.4, 0.5) is 0 Å². The van der Waals surface area contributed by atoms with Crippen LogP contribution in [0, 0.1) is 0 Å². The number of nitrogens with zero attached hydrogens (tertiary/aromatic N) is 1. The molecule has 0 saturated carbocycles. The van der Waals surface area contributed by atoms with E-state index in [1.807, 2.05) is 19.1 Å². The van der Waals surface area contributed by atoms with Crippen molar-refractivity contribution in [2.45, 2.75) is 19.8 Å². The molecule has 0 atom stereocenters. The second kappa shape index (κ2) is 9.82.